The average molecular weight is 431 g/mol. The standard InChI is InChI=1S/C24H26N6S/c1-2-10-21(11-3-1)30-24(25-26-27-30)31-19-7-14-28-15-17-29(18-16-28)23-13-6-9-20-8-4-5-12-22(20)23/h1-6,8-13H,7,14-19H2. The molecule has 1 aliphatic rings. The third-order valence-electron chi connectivity index (χ3n) is 5.77. The van der Waals surface area contributed by atoms with E-state index in [1.165, 1.54) is 16.5 Å². The molecule has 1 aromatic heterocycles. The Bertz CT molecular complexity index is 1120. The third-order valence-corrected chi connectivity index (χ3v) is 6.78. The Hall–Kier alpha value is -2.90. The topological polar surface area (TPSA) is 50.1 Å². The van der Waals surface area contributed by atoms with Crippen LogP contribution in [0.2, 0.25) is 0 Å². The summed E-state index contributed by atoms with van der Waals surface area (Å²) >= 11 is 1.73. The minimum absolute atomic E-state index is 0.854. The molecule has 0 spiro atoms. The lowest BCUT2D eigenvalue weighted by atomic mass is 10.1. The minimum atomic E-state index is 0.854. The van der Waals surface area contributed by atoms with Gasteiger partial charge in [-0.05, 0) is 47.0 Å². The molecule has 4 aromatic rings. The van der Waals surface area contributed by atoms with E-state index in [0.717, 1.165) is 55.7 Å². The van der Waals surface area contributed by atoms with Crippen LogP contribution < -0.4 is 4.90 Å². The van der Waals surface area contributed by atoms with Gasteiger partial charge < -0.3 is 4.90 Å². The van der Waals surface area contributed by atoms with Gasteiger partial charge in [-0.3, -0.25) is 4.90 Å². The number of hydrogen-bond donors (Lipinski definition) is 0. The zero-order valence-electron chi connectivity index (χ0n) is 17.5. The average Bonchev–Trinajstić information content (AvgIpc) is 3.31. The molecule has 0 N–H and O–H groups in total. The van der Waals surface area contributed by atoms with Crippen molar-refractivity contribution in [3.8, 4) is 5.69 Å². The van der Waals surface area contributed by atoms with Crippen LogP contribution in [0.1, 0.15) is 6.42 Å². The molecule has 1 aliphatic heterocycles. The van der Waals surface area contributed by atoms with E-state index in [1.54, 1.807) is 11.8 Å². The van der Waals surface area contributed by atoms with Crippen LogP contribution in [0.25, 0.3) is 16.5 Å². The monoisotopic (exact) mass is 430 g/mol. The number of hydrogen-bond acceptors (Lipinski definition) is 6. The van der Waals surface area contributed by atoms with Crippen molar-refractivity contribution in [1.82, 2.24) is 25.1 Å². The van der Waals surface area contributed by atoms with Crippen LogP contribution in [-0.4, -0.2) is 63.6 Å². The van der Waals surface area contributed by atoms with Crippen molar-refractivity contribution in [3.05, 3.63) is 72.8 Å². The number of tetrazole rings is 1. The van der Waals surface area contributed by atoms with Crippen LogP contribution in [0.4, 0.5) is 5.69 Å². The van der Waals surface area contributed by atoms with Gasteiger partial charge in [-0.2, -0.15) is 4.68 Å². The molecule has 5 rings (SSSR count). The molecule has 0 unspecified atom stereocenters. The Morgan fingerprint density at radius 1 is 0.806 bits per heavy atom. The summed E-state index contributed by atoms with van der Waals surface area (Å²) < 4.78 is 1.81. The molecular formula is C24H26N6S. The van der Waals surface area contributed by atoms with Gasteiger partial charge in [0.1, 0.15) is 0 Å². The Morgan fingerprint density at radius 3 is 2.45 bits per heavy atom. The van der Waals surface area contributed by atoms with Crippen molar-refractivity contribution in [3.63, 3.8) is 0 Å². The first-order valence-corrected chi connectivity index (χ1v) is 11.8. The number of rotatable bonds is 7. The first-order chi connectivity index (χ1) is 15.4. The molecule has 0 bridgehead atoms. The molecule has 0 atom stereocenters. The summed E-state index contributed by atoms with van der Waals surface area (Å²) in [6.45, 7) is 5.48. The lowest BCUT2D eigenvalue weighted by molar-refractivity contribution is 0.259. The summed E-state index contributed by atoms with van der Waals surface area (Å²) in [7, 11) is 0. The van der Waals surface area contributed by atoms with Crippen molar-refractivity contribution in [2.24, 2.45) is 0 Å². The molecule has 6 nitrogen and oxygen atoms in total. The molecule has 158 valence electrons. The zero-order chi connectivity index (χ0) is 20.9. The molecular weight excluding hydrogens is 404 g/mol. The van der Waals surface area contributed by atoms with E-state index in [9.17, 15) is 0 Å². The number of aromatic nitrogens is 4. The highest BCUT2D eigenvalue weighted by Gasteiger charge is 2.18. The summed E-state index contributed by atoms with van der Waals surface area (Å²) in [6, 6.07) is 25.3. The third kappa shape index (κ3) is 4.57. The molecule has 2 heterocycles. The van der Waals surface area contributed by atoms with Crippen LogP contribution in [0.5, 0.6) is 0 Å². The predicted molar refractivity (Wildman–Crippen MR) is 127 cm³/mol. The van der Waals surface area contributed by atoms with Crippen LogP contribution >= 0.6 is 11.8 Å². The van der Waals surface area contributed by atoms with Gasteiger partial charge in [0.2, 0.25) is 5.16 Å². The molecule has 3 aromatic carbocycles. The van der Waals surface area contributed by atoms with E-state index >= 15 is 0 Å². The smallest absolute Gasteiger partial charge is 0.214 e. The number of para-hydroxylation sites is 1. The van der Waals surface area contributed by atoms with E-state index in [2.05, 4.69) is 67.8 Å². The number of piperazine rings is 1. The van der Waals surface area contributed by atoms with Crippen molar-refractivity contribution in [2.75, 3.05) is 43.4 Å². The largest absolute Gasteiger partial charge is 0.368 e. The quantitative estimate of drug-likeness (QED) is 0.325. The molecule has 0 aliphatic carbocycles. The Morgan fingerprint density at radius 2 is 1.58 bits per heavy atom. The van der Waals surface area contributed by atoms with Gasteiger partial charge in [0.05, 0.1) is 5.69 Å². The second-order valence-electron chi connectivity index (χ2n) is 7.74. The van der Waals surface area contributed by atoms with Crippen LogP contribution in [0.3, 0.4) is 0 Å². The Balaban J connectivity index is 1.10. The van der Waals surface area contributed by atoms with Gasteiger partial charge >= 0.3 is 0 Å². The predicted octanol–water partition coefficient (Wildman–Crippen LogP) is 4.12. The molecule has 7 heteroatoms. The molecule has 1 saturated heterocycles. The summed E-state index contributed by atoms with van der Waals surface area (Å²) in [5, 5.41) is 15.7. The van der Waals surface area contributed by atoms with Gasteiger partial charge in [0.25, 0.3) is 0 Å². The highest BCUT2D eigenvalue weighted by atomic mass is 32.2. The summed E-state index contributed by atoms with van der Waals surface area (Å²) in [5.41, 5.74) is 2.36. The fourth-order valence-electron chi connectivity index (χ4n) is 4.15. The highest BCUT2D eigenvalue weighted by molar-refractivity contribution is 7.99. The maximum Gasteiger partial charge on any atom is 0.214 e. The molecule has 0 saturated carbocycles. The van der Waals surface area contributed by atoms with Crippen molar-refractivity contribution >= 4 is 28.2 Å². The first-order valence-electron chi connectivity index (χ1n) is 10.8. The number of nitrogens with zero attached hydrogens (tertiary/aromatic N) is 6. The summed E-state index contributed by atoms with van der Waals surface area (Å²) in [4.78, 5) is 5.10. The van der Waals surface area contributed by atoms with Crippen LogP contribution in [0, 0.1) is 0 Å². The molecule has 0 radical (unpaired) electrons. The van der Waals surface area contributed by atoms with Crippen molar-refractivity contribution < 1.29 is 0 Å². The summed E-state index contributed by atoms with van der Waals surface area (Å²) in [5.74, 6) is 1.01. The second kappa shape index (κ2) is 9.49. The Labute approximate surface area is 186 Å². The normalized spacial score (nSPS) is 14.9. The number of fused-ring (bicyclic) bond motifs is 1. The van der Waals surface area contributed by atoms with E-state index in [0.29, 0.717) is 0 Å². The SMILES string of the molecule is c1ccc(-n2nnnc2SCCCN2CCN(c3cccc4ccccc34)CC2)cc1. The number of thioether (sulfide) groups is 1. The van der Waals surface area contributed by atoms with E-state index in [4.69, 9.17) is 0 Å². The maximum absolute atomic E-state index is 4.19. The van der Waals surface area contributed by atoms with Gasteiger partial charge in [-0.25, -0.2) is 0 Å². The number of benzene rings is 3. The second-order valence-corrected chi connectivity index (χ2v) is 8.80. The van der Waals surface area contributed by atoms with Gasteiger partial charge in [0, 0.05) is 43.0 Å². The molecule has 31 heavy (non-hydrogen) atoms. The molecule has 0 amide bonds. The molecule has 1 fully saturated rings. The number of anilines is 1. The van der Waals surface area contributed by atoms with Crippen molar-refractivity contribution in [1.29, 1.82) is 0 Å². The van der Waals surface area contributed by atoms with Crippen molar-refractivity contribution in [2.45, 2.75) is 11.6 Å². The fraction of sp³-hybridized carbons (Fsp3) is 0.292. The minimum Gasteiger partial charge on any atom is -0.368 e. The fourth-order valence-corrected chi connectivity index (χ4v) is 4.96. The van der Waals surface area contributed by atoms with Crippen LogP contribution in [0.15, 0.2) is 78.0 Å². The van der Waals surface area contributed by atoms with Gasteiger partial charge in [-0.1, -0.05) is 66.4 Å². The van der Waals surface area contributed by atoms with Gasteiger partial charge in [0.15, 0.2) is 0 Å². The maximum atomic E-state index is 4.19. The van der Waals surface area contributed by atoms with E-state index in [1.807, 2.05) is 35.0 Å². The van der Waals surface area contributed by atoms with Crippen LogP contribution in [-0.2, 0) is 0 Å². The van der Waals surface area contributed by atoms with Gasteiger partial charge in [-0.15, -0.1) is 5.10 Å². The van der Waals surface area contributed by atoms with E-state index < -0.39 is 0 Å². The lowest BCUT2D eigenvalue weighted by Gasteiger charge is -2.36. The Kier molecular flexibility index (Phi) is 6.13. The van der Waals surface area contributed by atoms with E-state index in [-0.39, 0.29) is 0 Å². The summed E-state index contributed by atoms with van der Waals surface area (Å²) in [6.07, 6.45) is 1.13. The lowest BCUT2D eigenvalue weighted by Crippen LogP contribution is -2.46. The highest BCUT2D eigenvalue weighted by Crippen LogP contribution is 2.27. The zero-order valence-corrected chi connectivity index (χ0v) is 18.3. The first kappa shape index (κ1) is 20.0.